The highest BCUT2D eigenvalue weighted by Crippen LogP contribution is 2.17. The van der Waals surface area contributed by atoms with Crippen LogP contribution in [0.4, 0.5) is 0 Å². The Labute approximate surface area is 127 Å². The lowest BCUT2D eigenvalue weighted by Crippen LogP contribution is -2.52. The van der Waals surface area contributed by atoms with Crippen LogP contribution >= 0.6 is 0 Å². The molecule has 4 heteroatoms. The van der Waals surface area contributed by atoms with Crippen LogP contribution in [0.15, 0.2) is 24.3 Å². The molecule has 4 nitrogen and oxygen atoms in total. The predicted molar refractivity (Wildman–Crippen MR) is 85.1 cm³/mol. The number of aliphatic hydroxyl groups is 3. The van der Waals surface area contributed by atoms with E-state index in [2.05, 4.69) is 19.2 Å². The van der Waals surface area contributed by atoms with Crippen molar-refractivity contribution in [2.75, 3.05) is 19.8 Å². The monoisotopic (exact) mass is 295 g/mol. The van der Waals surface area contributed by atoms with Crippen molar-refractivity contribution in [2.24, 2.45) is 5.92 Å². The SMILES string of the molecule is CCC(CO)(CO)NCC(O)c1ccc(CC(C)C)cc1. The summed E-state index contributed by atoms with van der Waals surface area (Å²) in [5, 5.41) is 32.0. The lowest BCUT2D eigenvalue weighted by Gasteiger charge is -2.31. The number of β-amino-alcohol motifs (C(OH)–C–C–N with tert-alkyl or cyclic N) is 1. The summed E-state index contributed by atoms with van der Waals surface area (Å²) in [7, 11) is 0. The van der Waals surface area contributed by atoms with Gasteiger partial charge in [-0.15, -0.1) is 0 Å². The Morgan fingerprint density at radius 2 is 1.67 bits per heavy atom. The molecule has 0 amide bonds. The Morgan fingerprint density at radius 1 is 1.10 bits per heavy atom. The zero-order valence-electron chi connectivity index (χ0n) is 13.3. The van der Waals surface area contributed by atoms with Gasteiger partial charge in [0.15, 0.2) is 0 Å². The fourth-order valence-corrected chi connectivity index (χ4v) is 2.29. The molecule has 0 aromatic heterocycles. The molecule has 1 aromatic carbocycles. The Bertz CT molecular complexity index is 391. The summed E-state index contributed by atoms with van der Waals surface area (Å²) in [6.45, 7) is 6.26. The van der Waals surface area contributed by atoms with E-state index >= 15 is 0 Å². The van der Waals surface area contributed by atoms with Crippen LogP contribution in [0.1, 0.15) is 44.4 Å². The molecule has 0 bridgehead atoms. The molecule has 0 spiro atoms. The minimum absolute atomic E-state index is 0.153. The van der Waals surface area contributed by atoms with Crippen LogP contribution in [-0.2, 0) is 6.42 Å². The normalized spacial score (nSPS) is 13.7. The predicted octanol–water partition coefficient (Wildman–Crippen LogP) is 1.64. The summed E-state index contributed by atoms with van der Waals surface area (Å²) in [4.78, 5) is 0. The minimum atomic E-state index is -0.724. The van der Waals surface area contributed by atoms with E-state index in [-0.39, 0.29) is 13.2 Å². The van der Waals surface area contributed by atoms with E-state index in [1.807, 2.05) is 31.2 Å². The van der Waals surface area contributed by atoms with E-state index in [4.69, 9.17) is 0 Å². The first-order valence-corrected chi connectivity index (χ1v) is 7.70. The first-order chi connectivity index (χ1) is 9.96. The number of benzene rings is 1. The van der Waals surface area contributed by atoms with Crippen molar-refractivity contribution >= 4 is 0 Å². The van der Waals surface area contributed by atoms with E-state index in [1.54, 1.807) is 0 Å². The van der Waals surface area contributed by atoms with Crippen LogP contribution in [-0.4, -0.2) is 40.6 Å². The van der Waals surface area contributed by atoms with E-state index in [0.29, 0.717) is 18.9 Å². The second-order valence-corrected chi connectivity index (χ2v) is 6.19. The Balaban J connectivity index is 2.61. The van der Waals surface area contributed by atoms with Gasteiger partial charge in [0.25, 0.3) is 0 Å². The van der Waals surface area contributed by atoms with Crippen LogP contribution in [0.2, 0.25) is 0 Å². The molecule has 1 unspecified atom stereocenters. The first-order valence-electron chi connectivity index (χ1n) is 7.70. The smallest absolute Gasteiger partial charge is 0.0914 e. The quantitative estimate of drug-likeness (QED) is 0.559. The van der Waals surface area contributed by atoms with Gasteiger partial charge in [0.2, 0.25) is 0 Å². The second kappa shape index (κ2) is 8.49. The summed E-state index contributed by atoms with van der Waals surface area (Å²) in [5.74, 6) is 0.613. The third kappa shape index (κ3) is 5.40. The van der Waals surface area contributed by atoms with Crippen LogP contribution in [0.3, 0.4) is 0 Å². The molecule has 4 N–H and O–H groups in total. The summed E-state index contributed by atoms with van der Waals surface area (Å²) in [5.41, 5.74) is 1.39. The standard InChI is InChI=1S/C17H29NO3/c1-4-17(11-19,12-20)18-10-16(21)15-7-5-14(6-8-15)9-13(2)3/h5-8,13,16,18-21H,4,9-12H2,1-3H3. The van der Waals surface area contributed by atoms with Gasteiger partial charge in [-0.3, -0.25) is 0 Å². The molecule has 1 atom stereocenters. The van der Waals surface area contributed by atoms with Crippen molar-refractivity contribution in [3.05, 3.63) is 35.4 Å². The van der Waals surface area contributed by atoms with Gasteiger partial charge in [-0.1, -0.05) is 45.0 Å². The molecular formula is C17H29NO3. The fourth-order valence-electron chi connectivity index (χ4n) is 2.29. The van der Waals surface area contributed by atoms with Gasteiger partial charge in [0.1, 0.15) is 0 Å². The highest BCUT2D eigenvalue weighted by Gasteiger charge is 2.26. The first kappa shape index (κ1) is 18.1. The van der Waals surface area contributed by atoms with Crippen molar-refractivity contribution in [2.45, 2.75) is 45.3 Å². The lowest BCUT2D eigenvalue weighted by atomic mass is 9.97. The van der Waals surface area contributed by atoms with Crippen LogP contribution in [0, 0.1) is 5.92 Å². The Kier molecular flexibility index (Phi) is 7.32. The van der Waals surface area contributed by atoms with Crippen LogP contribution < -0.4 is 5.32 Å². The third-order valence-corrected chi connectivity index (χ3v) is 3.96. The van der Waals surface area contributed by atoms with Crippen LogP contribution in [0.5, 0.6) is 0 Å². The highest BCUT2D eigenvalue weighted by molar-refractivity contribution is 5.24. The van der Waals surface area contributed by atoms with Crippen LogP contribution in [0.25, 0.3) is 0 Å². The van der Waals surface area contributed by atoms with Crippen molar-refractivity contribution in [1.29, 1.82) is 0 Å². The highest BCUT2D eigenvalue weighted by atomic mass is 16.3. The van der Waals surface area contributed by atoms with Gasteiger partial charge in [-0.25, -0.2) is 0 Å². The zero-order valence-corrected chi connectivity index (χ0v) is 13.3. The number of hydrogen-bond acceptors (Lipinski definition) is 4. The van der Waals surface area contributed by atoms with E-state index in [0.717, 1.165) is 12.0 Å². The second-order valence-electron chi connectivity index (χ2n) is 6.19. The molecule has 0 aliphatic rings. The number of aliphatic hydroxyl groups excluding tert-OH is 3. The van der Waals surface area contributed by atoms with Gasteiger partial charge in [-0.2, -0.15) is 0 Å². The molecule has 1 rings (SSSR count). The Morgan fingerprint density at radius 3 is 2.10 bits per heavy atom. The lowest BCUT2D eigenvalue weighted by molar-refractivity contribution is 0.0707. The molecule has 0 radical (unpaired) electrons. The molecule has 0 saturated heterocycles. The minimum Gasteiger partial charge on any atom is -0.394 e. The summed E-state index contributed by atoms with van der Waals surface area (Å²) >= 11 is 0. The molecule has 0 heterocycles. The van der Waals surface area contributed by atoms with E-state index in [9.17, 15) is 15.3 Å². The number of hydrogen-bond donors (Lipinski definition) is 4. The number of nitrogens with one attached hydrogen (secondary N) is 1. The van der Waals surface area contributed by atoms with Crippen molar-refractivity contribution < 1.29 is 15.3 Å². The van der Waals surface area contributed by atoms with Crippen molar-refractivity contribution in [3.8, 4) is 0 Å². The van der Waals surface area contributed by atoms with Crippen molar-refractivity contribution in [1.82, 2.24) is 5.32 Å². The average molecular weight is 295 g/mol. The van der Waals surface area contributed by atoms with Gasteiger partial charge >= 0.3 is 0 Å². The van der Waals surface area contributed by atoms with E-state index in [1.165, 1.54) is 5.56 Å². The molecule has 0 saturated carbocycles. The molecule has 0 aliphatic carbocycles. The molecule has 21 heavy (non-hydrogen) atoms. The van der Waals surface area contributed by atoms with Gasteiger partial charge in [0, 0.05) is 6.54 Å². The van der Waals surface area contributed by atoms with Crippen molar-refractivity contribution in [3.63, 3.8) is 0 Å². The largest absolute Gasteiger partial charge is 0.394 e. The van der Waals surface area contributed by atoms with Gasteiger partial charge in [-0.05, 0) is 29.9 Å². The average Bonchev–Trinajstić information content (AvgIpc) is 2.49. The zero-order chi connectivity index (χ0) is 15.9. The Hall–Kier alpha value is -0.940. The summed E-state index contributed by atoms with van der Waals surface area (Å²) < 4.78 is 0. The summed E-state index contributed by atoms with van der Waals surface area (Å²) in [6, 6.07) is 7.97. The molecule has 1 aromatic rings. The fraction of sp³-hybridized carbons (Fsp3) is 0.647. The maximum absolute atomic E-state index is 10.2. The van der Waals surface area contributed by atoms with Gasteiger partial charge in [0.05, 0.1) is 24.9 Å². The van der Waals surface area contributed by atoms with Gasteiger partial charge < -0.3 is 20.6 Å². The number of rotatable bonds is 9. The maximum Gasteiger partial charge on any atom is 0.0914 e. The summed E-state index contributed by atoms with van der Waals surface area (Å²) in [6.07, 6.45) is 0.977. The topological polar surface area (TPSA) is 72.7 Å². The molecule has 0 aliphatic heterocycles. The molecular weight excluding hydrogens is 266 g/mol. The molecule has 0 fully saturated rings. The maximum atomic E-state index is 10.2. The van der Waals surface area contributed by atoms with E-state index < -0.39 is 11.6 Å². The molecule has 120 valence electrons. The third-order valence-electron chi connectivity index (χ3n) is 3.96.